The smallest absolute Gasteiger partial charge is 0.310 e. The summed E-state index contributed by atoms with van der Waals surface area (Å²) in [6, 6.07) is 25.3. The molecule has 36 heavy (non-hydrogen) atoms. The Morgan fingerprint density at radius 2 is 1.31 bits per heavy atom. The Morgan fingerprint density at radius 3 is 1.83 bits per heavy atom. The summed E-state index contributed by atoms with van der Waals surface area (Å²) < 4.78 is 17.6. The Balaban J connectivity index is 1.59. The Labute approximate surface area is 212 Å². The van der Waals surface area contributed by atoms with Gasteiger partial charge in [-0.2, -0.15) is 0 Å². The second-order valence-corrected chi connectivity index (χ2v) is 8.83. The number of rotatable bonds is 15. The van der Waals surface area contributed by atoms with Crippen LogP contribution in [0.3, 0.4) is 0 Å². The molecular formula is C30H34O6. The molecule has 1 atom stereocenters. The highest BCUT2D eigenvalue weighted by Crippen LogP contribution is 2.25. The number of hydrogen-bond acceptors (Lipinski definition) is 5. The standard InChI is InChI=1S/C30H34O6/c1-23(11-5-2-10-16-29(31)32)36-30(33)19-26-17-27(34-21-24-12-6-3-7-13-24)20-28(18-26)35-22-25-14-8-4-9-15-25/h3-4,6-9,12-15,17-18,20,23H,2,5,10-11,16,19,21-22H2,1H3,(H,31,32)/t23-/m1/s1. The largest absolute Gasteiger partial charge is 0.489 e. The molecule has 3 aromatic rings. The highest BCUT2D eigenvalue weighted by Gasteiger charge is 2.13. The second-order valence-electron chi connectivity index (χ2n) is 8.83. The van der Waals surface area contributed by atoms with Gasteiger partial charge in [0.05, 0.1) is 12.5 Å². The van der Waals surface area contributed by atoms with Gasteiger partial charge in [-0.15, -0.1) is 0 Å². The van der Waals surface area contributed by atoms with E-state index in [0.717, 1.165) is 29.5 Å². The van der Waals surface area contributed by atoms with Crippen molar-refractivity contribution in [1.29, 1.82) is 0 Å². The highest BCUT2D eigenvalue weighted by atomic mass is 16.5. The molecule has 0 aromatic heterocycles. The van der Waals surface area contributed by atoms with Crippen LogP contribution in [0, 0.1) is 0 Å². The molecule has 0 spiro atoms. The molecule has 6 nitrogen and oxygen atoms in total. The first-order valence-corrected chi connectivity index (χ1v) is 12.4. The molecule has 0 aliphatic carbocycles. The molecule has 0 saturated carbocycles. The van der Waals surface area contributed by atoms with Crippen LogP contribution in [0.5, 0.6) is 11.5 Å². The third-order valence-corrected chi connectivity index (χ3v) is 5.62. The van der Waals surface area contributed by atoms with Crippen molar-refractivity contribution in [2.24, 2.45) is 0 Å². The molecule has 1 N–H and O–H groups in total. The number of unbranched alkanes of at least 4 members (excludes halogenated alkanes) is 2. The van der Waals surface area contributed by atoms with Crippen LogP contribution < -0.4 is 9.47 Å². The number of benzene rings is 3. The summed E-state index contributed by atoms with van der Waals surface area (Å²) in [5.41, 5.74) is 2.85. The van der Waals surface area contributed by atoms with E-state index in [1.807, 2.05) is 85.8 Å². The molecule has 6 heteroatoms. The average molecular weight is 491 g/mol. The lowest BCUT2D eigenvalue weighted by atomic mass is 10.1. The number of carbonyl (C=O) groups excluding carboxylic acids is 1. The molecule has 0 bridgehead atoms. The zero-order chi connectivity index (χ0) is 25.6. The molecule has 0 saturated heterocycles. The van der Waals surface area contributed by atoms with Crippen LogP contribution in [0.15, 0.2) is 78.9 Å². The summed E-state index contributed by atoms with van der Waals surface area (Å²) in [5.74, 6) is 0.149. The molecule has 0 heterocycles. The van der Waals surface area contributed by atoms with E-state index in [1.165, 1.54) is 0 Å². The second kappa shape index (κ2) is 14.6. The first-order chi connectivity index (χ1) is 17.5. The van der Waals surface area contributed by atoms with Crippen LogP contribution in [0.2, 0.25) is 0 Å². The number of ether oxygens (including phenoxy) is 3. The highest BCUT2D eigenvalue weighted by molar-refractivity contribution is 5.73. The van der Waals surface area contributed by atoms with Crippen molar-refractivity contribution < 1.29 is 28.9 Å². The summed E-state index contributed by atoms with van der Waals surface area (Å²) in [6.07, 6.45) is 3.01. The fraction of sp³-hybridized carbons (Fsp3) is 0.333. The van der Waals surface area contributed by atoms with Gasteiger partial charge in [0.25, 0.3) is 0 Å². The predicted molar refractivity (Wildman–Crippen MR) is 138 cm³/mol. The number of esters is 1. The van der Waals surface area contributed by atoms with Crippen LogP contribution in [0.25, 0.3) is 0 Å². The summed E-state index contributed by atoms with van der Waals surface area (Å²) in [7, 11) is 0. The molecule has 0 radical (unpaired) electrons. The van der Waals surface area contributed by atoms with Gasteiger partial charge in [-0.3, -0.25) is 9.59 Å². The van der Waals surface area contributed by atoms with Gasteiger partial charge in [0, 0.05) is 12.5 Å². The van der Waals surface area contributed by atoms with Gasteiger partial charge in [-0.05, 0) is 55.0 Å². The van der Waals surface area contributed by atoms with Crippen LogP contribution in [0.1, 0.15) is 55.7 Å². The summed E-state index contributed by atoms with van der Waals surface area (Å²) in [5, 5.41) is 8.72. The molecule has 0 amide bonds. The third kappa shape index (κ3) is 10.2. The molecule has 0 aliphatic heterocycles. The van der Waals surface area contributed by atoms with Crippen LogP contribution in [0.4, 0.5) is 0 Å². The first-order valence-electron chi connectivity index (χ1n) is 12.4. The number of carboxylic acid groups (broad SMARTS) is 1. The van der Waals surface area contributed by atoms with Crippen molar-refractivity contribution >= 4 is 11.9 Å². The van der Waals surface area contributed by atoms with Crippen molar-refractivity contribution in [3.05, 3.63) is 95.6 Å². The Bertz CT molecular complexity index is 1020. The fourth-order valence-corrected chi connectivity index (χ4v) is 3.76. The third-order valence-electron chi connectivity index (χ3n) is 5.62. The van der Waals surface area contributed by atoms with E-state index in [1.54, 1.807) is 0 Å². The summed E-state index contributed by atoms with van der Waals surface area (Å²) >= 11 is 0. The minimum Gasteiger partial charge on any atom is -0.489 e. The Morgan fingerprint density at radius 1 is 0.750 bits per heavy atom. The fourth-order valence-electron chi connectivity index (χ4n) is 3.76. The topological polar surface area (TPSA) is 82.1 Å². The van der Waals surface area contributed by atoms with Gasteiger partial charge >= 0.3 is 11.9 Å². The van der Waals surface area contributed by atoms with Crippen LogP contribution >= 0.6 is 0 Å². The van der Waals surface area contributed by atoms with E-state index in [9.17, 15) is 9.59 Å². The van der Waals surface area contributed by atoms with Gasteiger partial charge in [0.2, 0.25) is 0 Å². The lowest BCUT2D eigenvalue weighted by Crippen LogP contribution is -2.16. The number of hydrogen-bond donors (Lipinski definition) is 1. The molecule has 3 aromatic carbocycles. The van der Waals surface area contributed by atoms with Gasteiger partial charge in [0.1, 0.15) is 24.7 Å². The van der Waals surface area contributed by atoms with Crippen molar-refractivity contribution in [3.63, 3.8) is 0 Å². The summed E-state index contributed by atoms with van der Waals surface area (Å²) in [4.78, 5) is 23.2. The Kier molecular flexibility index (Phi) is 10.8. The molecule has 3 rings (SSSR count). The van der Waals surface area contributed by atoms with Gasteiger partial charge < -0.3 is 19.3 Å². The van der Waals surface area contributed by atoms with Crippen LogP contribution in [-0.4, -0.2) is 23.1 Å². The van der Waals surface area contributed by atoms with Crippen molar-refractivity contribution in [3.8, 4) is 11.5 Å². The van der Waals surface area contributed by atoms with E-state index < -0.39 is 5.97 Å². The normalized spacial score (nSPS) is 11.5. The summed E-state index contributed by atoms with van der Waals surface area (Å²) in [6.45, 7) is 2.68. The lowest BCUT2D eigenvalue weighted by Gasteiger charge is -2.15. The monoisotopic (exact) mass is 490 g/mol. The predicted octanol–water partition coefficient (Wildman–Crippen LogP) is 6.35. The minimum atomic E-state index is -0.781. The molecule has 190 valence electrons. The lowest BCUT2D eigenvalue weighted by molar-refractivity contribution is -0.147. The Hall–Kier alpha value is -3.80. The van der Waals surface area contributed by atoms with Crippen molar-refractivity contribution in [2.45, 2.75) is 64.8 Å². The molecule has 0 unspecified atom stereocenters. The maximum absolute atomic E-state index is 12.6. The quantitative estimate of drug-likeness (QED) is 0.197. The number of carboxylic acids is 1. The van der Waals surface area contributed by atoms with Gasteiger partial charge in [-0.25, -0.2) is 0 Å². The zero-order valence-corrected chi connectivity index (χ0v) is 20.7. The number of carbonyl (C=O) groups is 2. The van der Waals surface area contributed by atoms with Gasteiger partial charge in [0.15, 0.2) is 0 Å². The van der Waals surface area contributed by atoms with Gasteiger partial charge in [-0.1, -0.05) is 67.1 Å². The average Bonchev–Trinajstić information content (AvgIpc) is 2.87. The first kappa shape index (κ1) is 26.8. The van der Waals surface area contributed by atoms with E-state index in [4.69, 9.17) is 19.3 Å². The van der Waals surface area contributed by atoms with E-state index >= 15 is 0 Å². The molecule has 0 aliphatic rings. The number of aliphatic carboxylic acids is 1. The maximum Gasteiger partial charge on any atom is 0.310 e. The minimum absolute atomic E-state index is 0.105. The van der Waals surface area contributed by atoms with Crippen LogP contribution in [-0.2, 0) is 34.0 Å². The van der Waals surface area contributed by atoms with Crippen molar-refractivity contribution in [1.82, 2.24) is 0 Å². The molecule has 0 fully saturated rings. The molecular weight excluding hydrogens is 456 g/mol. The van der Waals surface area contributed by atoms with E-state index in [-0.39, 0.29) is 24.9 Å². The van der Waals surface area contributed by atoms with Crippen molar-refractivity contribution in [2.75, 3.05) is 0 Å². The zero-order valence-electron chi connectivity index (χ0n) is 20.7. The SMILES string of the molecule is C[C@H](CCCCCC(=O)O)OC(=O)Cc1cc(OCc2ccccc2)cc(OCc2ccccc2)c1. The maximum atomic E-state index is 12.6. The van der Waals surface area contributed by atoms with E-state index in [0.29, 0.717) is 37.6 Å². The van der Waals surface area contributed by atoms with E-state index in [2.05, 4.69) is 0 Å².